The number of aliphatic carboxylic acids is 1. The third-order valence-corrected chi connectivity index (χ3v) is 4.66. The van der Waals surface area contributed by atoms with Crippen LogP contribution >= 0.6 is 0 Å². The van der Waals surface area contributed by atoms with Gasteiger partial charge in [0.25, 0.3) is 0 Å². The van der Waals surface area contributed by atoms with E-state index in [9.17, 15) is 9.90 Å². The van der Waals surface area contributed by atoms with Crippen LogP contribution in [0.15, 0.2) is 0 Å². The number of carboxylic acids is 1. The summed E-state index contributed by atoms with van der Waals surface area (Å²) in [7, 11) is 0. The van der Waals surface area contributed by atoms with E-state index in [2.05, 4.69) is 4.90 Å². The SMILES string of the molecule is O=C(O)CCCCN1CCC[C@]2(CCC[C@H]2O)C1. The molecule has 2 atom stereocenters. The number of aliphatic hydroxyl groups is 1. The second-order valence-electron chi connectivity index (χ2n) is 6.00. The predicted octanol–water partition coefficient (Wildman–Crippen LogP) is 1.87. The monoisotopic (exact) mass is 255 g/mol. The lowest BCUT2D eigenvalue weighted by Gasteiger charge is -2.42. The minimum absolute atomic E-state index is 0.112. The predicted molar refractivity (Wildman–Crippen MR) is 69.5 cm³/mol. The molecule has 1 aliphatic heterocycles. The minimum atomic E-state index is -0.698. The summed E-state index contributed by atoms with van der Waals surface area (Å²) in [5.74, 6) is -0.698. The van der Waals surface area contributed by atoms with Crippen LogP contribution in [0.5, 0.6) is 0 Å². The number of unbranched alkanes of at least 4 members (excludes halogenated alkanes) is 1. The van der Waals surface area contributed by atoms with Crippen molar-refractivity contribution in [3.8, 4) is 0 Å². The number of carbonyl (C=O) groups is 1. The lowest BCUT2D eigenvalue weighted by atomic mass is 9.76. The molecule has 2 N–H and O–H groups in total. The Labute approximate surface area is 109 Å². The van der Waals surface area contributed by atoms with Crippen LogP contribution in [0.3, 0.4) is 0 Å². The van der Waals surface area contributed by atoms with Gasteiger partial charge in [0.1, 0.15) is 0 Å². The summed E-state index contributed by atoms with van der Waals surface area (Å²) in [6.07, 6.45) is 7.53. The number of nitrogens with zero attached hydrogens (tertiary/aromatic N) is 1. The maximum absolute atomic E-state index is 10.5. The molecule has 1 aliphatic carbocycles. The van der Waals surface area contributed by atoms with Crippen molar-refractivity contribution in [1.29, 1.82) is 0 Å². The van der Waals surface area contributed by atoms with Crippen LogP contribution in [0, 0.1) is 5.41 Å². The van der Waals surface area contributed by atoms with Gasteiger partial charge in [-0.2, -0.15) is 0 Å². The zero-order chi connectivity index (χ0) is 13.0. The number of hydrogen-bond acceptors (Lipinski definition) is 3. The van der Waals surface area contributed by atoms with Gasteiger partial charge in [0, 0.05) is 18.4 Å². The van der Waals surface area contributed by atoms with Gasteiger partial charge in [0.05, 0.1) is 6.10 Å². The van der Waals surface area contributed by atoms with Crippen molar-refractivity contribution >= 4 is 5.97 Å². The van der Waals surface area contributed by atoms with Crippen LogP contribution in [-0.4, -0.2) is 46.8 Å². The number of hydrogen-bond donors (Lipinski definition) is 2. The summed E-state index contributed by atoms with van der Waals surface area (Å²) < 4.78 is 0. The second kappa shape index (κ2) is 6.02. The molecule has 0 amide bonds. The Morgan fingerprint density at radius 2 is 2.06 bits per heavy atom. The summed E-state index contributed by atoms with van der Waals surface area (Å²) >= 11 is 0. The largest absolute Gasteiger partial charge is 0.481 e. The average Bonchev–Trinajstić information content (AvgIpc) is 2.66. The highest BCUT2D eigenvalue weighted by molar-refractivity contribution is 5.66. The van der Waals surface area contributed by atoms with Crippen molar-refractivity contribution in [3.05, 3.63) is 0 Å². The number of rotatable bonds is 5. The fraction of sp³-hybridized carbons (Fsp3) is 0.929. The number of aliphatic hydroxyl groups excluding tert-OH is 1. The first-order chi connectivity index (χ1) is 8.62. The van der Waals surface area contributed by atoms with Crippen molar-refractivity contribution < 1.29 is 15.0 Å². The molecule has 2 aliphatic rings. The van der Waals surface area contributed by atoms with Gasteiger partial charge < -0.3 is 15.1 Å². The molecule has 0 unspecified atom stereocenters. The third kappa shape index (κ3) is 3.23. The molecule has 4 nitrogen and oxygen atoms in total. The minimum Gasteiger partial charge on any atom is -0.481 e. The van der Waals surface area contributed by atoms with Crippen molar-refractivity contribution in [2.45, 2.75) is 57.5 Å². The normalized spacial score (nSPS) is 33.1. The molecule has 1 saturated heterocycles. The van der Waals surface area contributed by atoms with Crippen LogP contribution in [0.25, 0.3) is 0 Å². The quantitative estimate of drug-likeness (QED) is 0.736. The third-order valence-electron chi connectivity index (χ3n) is 4.66. The summed E-state index contributed by atoms with van der Waals surface area (Å²) in [5, 5.41) is 18.8. The maximum Gasteiger partial charge on any atom is 0.303 e. The lowest BCUT2D eigenvalue weighted by Crippen LogP contribution is -2.47. The van der Waals surface area contributed by atoms with Gasteiger partial charge in [-0.25, -0.2) is 0 Å². The zero-order valence-corrected chi connectivity index (χ0v) is 11.1. The van der Waals surface area contributed by atoms with E-state index in [-0.39, 0.29) is 17.9 Å². The smallest absolute Gasteiger partial charge is 0.303 e. The Kier molecular flexibility index (Phi) is 4.62. The Bertz CT molecular complexity index is 295. The van der Waals surface area contributed by atoms with Crippen LogP contribution in [0.2, 0.25) is 0 Å². The maximum atomic E-state index is 10.5. The zero-order valence-electron chi connectivity index (χ0n) is 11.1. The summed E-state index contributed by atoms with van der Waals surface area (Å²) in [5.41, 5.74) is 0.158. The van der Waals surface area contributed by atoms with E-state index in [1.165, 1.54) is 19.3 Å². The number of carboxylic acid groups (broad SMARTS) is 1. The van der Waals surface area contributed by atoms with Crippen LogP contribution in [0.4, 0.5) is 0 Å². The molecule has 18 heavy (non-hydrogen) atoms. The molecule has 2 rings (SSSR count). The van der Waals surface area contributed by atoms with Crippen LogP contribution in [0.1, 0.15) is 51.4 Å². The van der Waals surface area contributed by atoms with Crippen molar-refractivity contribution in [2.24, 2.45) is 5.41 Å². The second-order valence-corrected chi connectivity index (χ2v) is 6.00. The van der Waals surface area contributed by atoms with E-state index in [4.69, 9.17) is 5.11 Å². The van der Waals surface area contributed by atoms with Gasteiger partial charge in [-0.3, -0.25) is 4.79 Å². The van der Waals surface area contributed by atoms with E-state index in [0.717, 1.165) is 45.3 Å². The molecule has 1 spiro atoms. The highest BCUT2D eigenvalue weighted by Gasteiger charge is 2.44. The highest BCUT2D eigenvalue weighted by atomic mass is 16.4. The van der Waals surface area contributed by atoms with Crippen molar-refractivity contribution in [3.63, 3.8) is 0 Å². The van der Waals surface area contributed by atoms with Gasteiger partial charge >= 0.3 is 5.97 Å². The van der Waals surface area contributed by atoms with Crippen molar-refractivity contribution in [1.82, 2.24) is 4.90 Å². The van der Waals surface area contributed by atoms with Gasteiger partial charge in [-0.05, 0) is 51.6 Å². The molecule has 0 aromatic heterocycles. The Balaban J connectivity index is 1.75. The number of likely N-dealkylation sites (tertiary alicyclic amines) is 1. The molecule has 1 heterocycles. The van der Waals surface area contributed by atoms with E-state index in [1.807, 2.05) is 0 Å². The van der Waals surface area contributed by atoms with Gasteiger partial charge in [-0.1, -0.05) is 6.42 Å². The molecular formula is C14H25NO3. The fourth-order valence-corrected chi connectivity index (χ4v) is 3.66. The van der Waals surface area contributed by atoms with Gasteiger partial charge in [0.15, 0.2) is 0 Å². The molecule has 0 radical (unpaired) electrons. The molecule has 104 valence electrons. The summed E-state index contributed by atoms with van der Waals surface area (Å²) in [6, 6.07) is 0. The number of piperidine rings is 1. The molecule has 1 saturated carbocycles. The van der Waals surface area contributed by atoms with Gasteiger partial charge in [0.2, 0.25) is 0 Å². The highest BCUT2D eigenvalue weighted by Crippen LogP contribution is 2.44. The molecule has 2 fully saturated rings. The van der Waals surface area contributed by atoms with E-state index >= 15 is 0 Å². The summed E-state index contributed by atoms with van der Waals surface area (Å²) in [4.78, 5) is 12.9. The molecule has 0 bridgehead atoms. The fourth-order valence-electron chi connectivity index (χ4n) is 3.66. The molecule has 0 aromatic carbocycles. The molecule has 4 heteroatoms. The first kappa shape index (κ1) is 13.8. The average molecular weight is 255 g/mol. The van der Waals surface area contributed by atoms with E-state index < -0.39 is 5.97 Å². The van der Waals surface area contributed by atoms with Gasteiger partial charge in [-0.15, -0.1) is 0 Å². The first-order valence-corrected chi connectivity index (χ1v) is 7.25. The summed E-state index contributed by atoms with van der Waals surface area (Å²) in [6.45, 7) is 3.12. The molecular weight excluding hydrogens is 230 g/mol. The Morgan fingerprint density at radius 1 is 1.28 bits per heavy atom. The first-order valence-electron chi connectivity index (χ1n) is 7.25. The van der Waals surface area contributed by atoms with Crippen molar-refractivity contribution in [2.75, 3.05) is 19.6 Å². The molecule has 0 aromatic rings. The standard InChI is InChI=1S/C14H25NO3/c16-12-5-3-7-14(12)8-4-10-15(11-14)9-2-1-6-13(17)18/h12,16H,1-11H2,(H,17,18)/t12-,14-/m1/s1. The Morgan fingerprint density at radius 3 is 2.72 bits per heavy atom. The Hall–Kier alpha value is -0.610. The van der Waals surface area contributed by atoms with Crippen LogP contribution < -0.4 is 0 Å². The van der Waals surface area contributed by atoms with E-state index in [1.54, 1.807) is 0 Å². The van der Waals surface area contributed by atoms with Crippen LogP contribution in [-0.2, 0) is 4.79 Å². The lowest BCUT2D eigenvalue weighted by molar-refractivity contribution is -0.137. The van der Waals surface area contributed by atoms with E-state index in [0.29, 0.717) is 0 Å². The topological polar surface area (TPSA) is 60.8 Å².